The predicted molar refractivity (Wildman–Crippen MR) is 85.6 cm³/mol. The minimum atomic E-state index is -0.531. The summed E-state index contributed by atoms with van der Waals surface area (Å²) in [5.41, 5.74) is 6.84. The van der Waals surface area contributed by atoms with Crippen LogP contribution in [0.15, 0.2) is 30.3 Å². The van der Waals surface area contributed by atoms with Gasteiger partial charge >= 0.3 is 0 Å². The van der Waals surface area contributed by atoms with Crippen molar-refractivity contribution in [2.45, 2.75) is 38.5 Å². The van der Waals surface area contributed by atoms with Crippen LogP contribution in [0.5, 0.6) is 0 Å². The quantitative estimate of drug-likeness (QED) is 0.820. The van der Waals surface area contributed by atoms with Crippen LogP contribution in [0.4, 0.5) is 0 Å². The Labute approximate surface area is 125 Å². The molecule has 108 valence electrons. The number of rotatable bonds is 5. The summed E-state index contributed by atoms with van der Waals surface area (Å²) in [6.07, 6.45) is 4.86. The van der Waals surface area contributed by atoms with Crippen molar-refractivity contribution < 1.29 is 4.79 Å². The molecule has 1 aliphatic carbocycles. The van der Waals surface area contributed by atoms with Crippen molar-refractivity contribution in [3.8, 4) is 0 Å². The molecule has 1 atom stereocenters. The molecule has 0 radical (unpaired) electrons. The Hall–Kier alpha value is -1.42. The van der Waals surface area contributed by atoms with Crippen LogP contribution in [0.25, 0.3) is 0 Å². The smallest absolute Gasteiger partial charge is 0.234 e. The Balaban J connectivity index is 2.03. The lowest BCUT2D eigenvalue weighted by molar-refractivity contribution is -0.121. The minimum Gasteiger partial charge on any atom is -0.392 e. The molecule has 0 bridgehead atoms. The average Bonchev–Trinajstić information content (AvgIpc) is 2.85. The van der Waals surface area contributed by atoms with Gasteiger partial charge in [-0.25, -0.2) is 0 Å². The fourth-order valence-electron chi connectivity index (χ4n) is 2.90. The summed E-state index contributed by atoms with van der Waals surface area (Å²) in [4.78, 5) is 12.6. The van der Waals surface area contributed by atoms with Gasteiger partial charge in [0.2, 0.25) is 5.91 Å². The van der Waals surface area contributed by atoms with Gasteiger partial charge in [0, 0.05) is 6.54 Å². The number of amides is 1. The summed E-state index contributed by atoms with van der Waals surface area (Å²) in [5, 5.41) is 3.04. The first-order chi connectivity index (χ1) is 9.52. The molecule has 4 heteroatoms. The van der Waals surface area contributed by atoms with Crippen LogP contribution >= 0.6 is 12.2 Å². The third kappa shape index (κ3) is 3.57. The lowest BCUT2D eigenvalue weighted by atomic mass is 9.88. The largest absolute Gasteiger partial charge is 0.392 e. The van der Waals surface area contributed by atoms with E-state index in [1.165, 1.54) is 25.7 Å². The van der Waals surface area contributed by atoms with Crippen LogP contribution in [0.2, 0.25) is 0 Å². The zero-order chi connectivity index (χ0) is 14.6. The number of thiocarbonyl (C=S) groups is 1. The summed E-state index contributed by atoms with van der Waals surface area (Å²) in [6.45, 7) is 2.94. The molecule has 0 spiro atoms. The highest BCUT2D eigenvalue weighted by Gasteiger charge is 2.31. The summed E-state index contributed by atoms with van der Waals surface area (Å²) < 4.78 is 0. The lowest BCUT2D eigenvalue weighted by Crippen LogP contribution is -2.40. The molecule has 3 N–H and O–H groups in total. The molecule has 0 heterocycles. The Kier molecular flexibility index (Phi) is 4.76. The van der Waals surface area contributed by atoms with E-state index >= 15 is 0 Å². The van der Waals surface area contributed by atoms with Gasteiger partial charge in [0.25, 0.3) is 0 Å². The van der Waals surface area contributed by atoms with E-state index in [0.29, 0.717) is 6.54 Å². The lowest BCUT2D eigenvalue weighted by Gasteiger charge is -2.25. The Morgan fingerprint density at radius 2 is 1.95 bits per heavy atom. The molecule has 1 saturated carbocycles. The molecular weight excluding hydrogens is 268 g/mol. The average molecular weight is 290 g/mol. The van der Waals surface area contributed by atoms with Gasteiger partial charge in [0.05, 0.1) is 4.99 Å². The third-order valence-electron chi connectivity index (χ3n) is 4.18. The number of carbonyl (C=O) groups excluding carboxylic acids is 1. The third-order valence-corrected chi connectivity index (χ3v) is 4.42. The van der Waals surface area contributed by atoms with Crippen molar-refractivity contribution in [1.82, 2.24) is 5.32 Å². The van der Waals surface area contributed by atoms with Gasteiger partial charge in [-0.3, -0.25) is 4.79 Å². The first-order valence-corrected chi connectivity index (χ1v) is 7.55. The zero-order valence-electron chi connectivity index (χ0n) is 11.9. The molecular formula is C16H22N2OS. The summed E-state index contributed by atoms with van der Waals surface area (Å²) >= 11 is 5.07. The number of benzene rings is 1. The number of hydrogen-bond donors (Lipinski definition) is 2. The number of nitrogens with two attached hydrogens (primary N) is 1. The van der Waals surface area contributed by atoms with Gasteiger partial charge in [-0.15, -0.1) is 0 Å². The highest BCUT2D eigenvalue weighted by molar-refractivity contribution is 7.80. The molecule has 3 nitrogen and oxygen atoms in total. The van der Waals surface area contributed by atoms with E-state index in [0.717, 1.165) is 5.56 Å². The molecule has 20 heavy (non-hydrogen) atoms. The van der Waals surface area contributed by atoms with Crippen LogP contribution in [0, 0.1) is 5.41 Å². The first kappa shape index (κ1) is 15.0. The standard InChI is InChI=1S/C16H22N2OS/c1-16(9-5-6-10-16)11-18-15(19)13(14(17)20)12-7-3-2-4-8-12/h2-4,7-8,13H,5-6,9-11H2,1H3,(H2,17,20)(H,18,19). The van der Waals surface area contributed by atoms with Crippen molar-refractivity contribution in [2.24, 2.45) is 11.1 Å². The molecule has 0 saturated heterocycles. The number of carbonyl (C=O) groups is 1. The van der Waals surface area contributed by atoms with Crippen LogP contribution < -0.4 is 11.1 Å². The molecule has 2 rings (SSSR count). The first-order valence-electron chi connectivity index (χ1n) is 7.14. The van der Waals surface area contributed by atoms with E-state index in [4.69, 9.17) is 18.0 Å². The maximum atomic E-state index is 12.4. The van der Waals surface area contributed by atoms with Gasteiger partial charge in [-0.05, 0) is 23.8 Å². The second-order valence-electron chi connectivity index (χ2n) is 5.98. The van der Waals surface area contributed by atoms with Crippen molar-refractivity contribution in [2.75, 3.05) is 6.54 Å². The maximum Gasteiger partial charge on any atom is 0.234 e. The minimum absolute atomic E-state index is 0.0863. The van der Waals surface area contributed by atoms with Gasteiger partial charge in [0.1, 0.15) is 5.92 Å². The molecule has 1 unspecified atom stereocenters. The van der Waals surface area contributed by atoms with Gasteiger partial charge in [-0.2, -0.15) is 0 Å². The molecule has 0 aromatic heterocycles. The zero-order valence-corrected chi connectivity index (χ0v) is 12.7. The van der Waals surface area contributed by atoms with Gasteiger partial charge in [0.15, 0.2) is 0 Å². The normalized spacial score (nSPS) is 18.4. The van der Waals surface area contributed by atoms with E-state index in [1.54, 1.807) is 0 Å². The second-order valence-corrected chi connectivity index (χ2v) is 6.45. The Bertz CT molecular complexity index is 481. The Morgan fingerprint density at radius 3 is 2.50 bits per heavy atom. The van der Waals surface area contributed by atoms with E-state index in [1.807, 2.05) is 30.3 Å². The molecule has 1 aliphatic rings. The monoisotopic (exact) mass is 290 g/mol. The topological polar surface area (TPSA) is 55.1 Å². The van der Waals surface area contributed by atoms with Crippen LogP contribution in [0.3, 0.4) is 0 Å². The number of hydrogen-bond acceptors (Lipinski definition) is 2. The van der Waals surface area contributed by atoms with Crippen molar-refractivity contribution >= 4 is 23.1 Å². The predicted octanol–water partition coefficient (Wildman–Crippen LogP) is 2.75. The van der Waals surface area contributed by atoms with Gasteiger partial charge < -0.3 is 11.1 Å². The van der Waals surface area contributed by atoms with E-state index in [-0.39, 0.29) is 16.3 Å². The molecule has 0 aliphatic heterocycles. The molecule has 1 amide bonds. The fraction of sp³-hybridized carbons (Fsp3) is 0.500. The second kappa shape index (κ2) is 6.35. The van der Waals surface area contributed by atoms with Crippen molar-refractivity contribution in [1.29, 1.82) is 0 Å². The number of nitrogens with one attached hydrogen (secondary N) is 1. The fourth-order valence-corrected chi connectivity index (χ4v) is 3.14. The van der Waals surface area contributed by atoms with Crippen LogP contribution in [0.1, 0.15) is 44.1 Å². The highest BCUT2D eigenvalue weighted by Crippen LogP contribution is 2.36. The summed E-state index contributed by atoms with van der Waals surface area (Å²) in [7, 11) is 0. The van der Waals surface area contributed by atoms with Gasteiger partial charge in [-0.1, -0.05) is 62.3 Å². The van der Waals surface area contributed by atoms with Crippen molar-refractivity contribution in [3.63, 3.8) is 0 Å². The molecule has 1 aromatic rings. The van der Waals surface area contributed by atoms with Crippen molar-refractivity contribution in [3.05, 3.63) is 35.9 Å². The Morgan fingerprint density at radius 1 is 1.35 bits per heavy atom. The molecule has 1 fully saturated rings. The molecule has 1 aromatic carbocycles. The van der Waals surface area contributed by atoms with Crippen LogP contribution in [-0.4, -0.2) is 17.4 Å². The van der Waals surface area contributed by atoms with Crippen LogP contribution in [-0.2, 0) is 4.79 Å². The van der Waals surface area contributed by atoms with E-state index in [9.17, 15) is 4.79 Å². The van der Waals surface area contributed by atoms with E-state index in [2.05, 4.69) is 12.2 Å². The van der Waals surface area contributed by atoms with E-state index < -0.39 is 5.92 Å². The summed E-state index contributed by atoms with van der Waals surface area (Å²) in [6, 6.07) is 9.48. The SMILES string of the molecule is CC1(CNC(=O)C(C(N)=S)c2ccccc2)CCCC1. The highest BCUT2D eigenvalue weighted by atomic mass is 32.1. The summed E-state index contributed by atoms with van der Waals surface area (Å²) in [5.74, 6) is -0.618. The maximum absolute atomic E-state index is 12.4.